The van der Waals surface area contributed by atoms with Crippen LogP contribution in [-0.4, -0.2) is 82.1 Å². The van der Waals surface area contributed by atoms with Crippen molar-refractivity contribution in [3.8, 4) is 0 Å². The van der Waals surface area contributed by atoms with Crippen molar-refractivity contribution in [2.24, 2.45) is 5.92 Å². The standard InChI is InChI=1S/C19H28N2O4/c22-13-16-10-17(23)18(24)12-21(16)11-14-6-8-20(9-7-14)19(25)15-4-2-1-3-5-15/h1-5,14,16-18,22-24H,6-13H2/t16-,17?,18+/m1/s1. The van der Waals surface area contributed by atoms with Gasteiger partial charge in [-0.3, -0.25) is 9.69 Å². The highest BCUT2D eigenvalue weighted by Gasteiger charge is 2.35. The van der Waals surface area contributed by atoms with E-state index < -0.39 is 12.2 Å². The number of carbonyl (C=O) groups excluding carboxylic acids is 1. The molecule has 6 heteroatoms. The SMILES string of the molecule is O=C(c1ccccc1)N1CCC(CN2C[C@H](O)C(O)C[C@@H]2CO)CC1. The molecule has 0 bridgehead atoms. The van der Waals surface area contributed by atoms with Gasteiger partial charge in [-0.15, -0.1) is 0 Å². The zero-order valence-electron chi connectivity index (χ0n) is 14.5. The lowest BCUT2D eigenvalue weighted by Gasteiger charge is -2.42. The second kappa shape index (κ2) is 8.27. The van der Waals surface area contributed by atoms with Gasteiger partial charge < -0.3 is 20.2 Å². The van der Waals surface area contributed by atoms with E-state index in [-0.39, 0.29) is 18.6 Å². The van der Waals surface area contributed by atoms with Crippen LogP contribution in [-0.2, 0) is 0 Å². The first-order valence-corrected chi connectivity index (χ1v) is 9.14. The van der Waals surface area contributed by atoms with Crippen molar-refractivity contribution in [1.82, 2.24) is 9.80 Å². The van der Waals surface area contributed by atoms with E-state index in [0.717, 1.165) is 38.0 Å². The van der Waals surface area contributed by atoms with E-state index in [0.29, 0.717) is 18.9 Å². The summed E-state index contributed by atoms with van der Waals surface area (Å²) in [7, 11) is 0. The first-order valence-electron chi connectivity index (χ1n) is 9.14. The normalized spacial score (nSPS) is 28.9. The Morgan fingerprint density at radius 1 is 1.08 bits per heavy atom. The van der Waals surface area contributed by atoms with Gasteiger partial charge in [0.05, 0.1) is 18.8 Å². The van der Waals surface area contributed by atoms with Gasteiger partial charge in [-0.25, -0.2) is 0 Å². The Morgan fingerprint density at radius 3 is 2.40 bits per heavy atom. The zero-order valence-corrected chi connectivity index (χ0v) is 14.5. The van der Waals surface area contributed by atoms with E-state index >= 15 is 0 Å². The number of aliphatic hydroxyl groups is 3. The smallest absolute Gasteiger partial charge is 0.253 e. The zero-order chi connectivity index (χ0) is 17.8. The minimum Gasteiger partial charge on any atom is -0.395 e. The fourth-order valence-electron chi connectivity index (χ4n) is 3.92. The Kier molecular flexibility index (Phi) is 6.06. The van der Waals surface area contributed by atoms with Crippen molar-refractivity contribution in [3.05, 3.63) is 35.9 Å². The fraction of sp³-hybridized carbons (Fsp3) is 0.632. The highest BCUT2D eigenvalue weighted by atomic mass is 16.3. The van der Waals surface area contributed by atoms with Crippen LogP contribution in [0.25, 0.3) is 0 Å². The average molecular weight is 348 g/mol. The third-order valence-electron chi connectivity index (χ3n) is 5.52. The Balaban J connectivity index is 1.51. The Hall–Kier alpha value is -1.47. The Bertz CT molecular complexity index is 560. The molecule has 2 saturated heterocycles. The van der Waals surface area contributed by atoms with Gasteiger partial charge in [0.2, 0.25) is 0 Å². The van der Waals surface area contributed by atoms with E-state index in [1.54, 1.807) is 0 Å². The number of β-amino-alcohol motifs (C(OH)–C–C–N with tert-alkyl or cyclic N) is 1. The molecular formula is C19H28N2O4. The molecule has 25 heavy (non-hydrogen) atoms. The van der Waals surface area contributed by atoms with Gasteiger partial charge in [-0.05, 0) is 37.3 Å². The highest BCUT2D eigenvalue weighted by molar-refractivity contribution is 5.94. The molecule has 0 aromatic heterocycles. The molecule has 2 fully saturated rings. The lowest BCUT2D eigenvalue weighted by molar-refractivity contribution is -0.0761. The third kappa shape index (κ3) is 4.39. The molecule has 0 saturated carbocycles. The van der Waals surface area contributed by atoms with Crippen molar-refractivity contribution < 1.29 is 20.1 Å². The van der Waals surface area contributed by atoms with Crippen LogP contribution in [0, 0.1) is 5.92 Å². The quantitative estimate of drug-likeness (QED) is 0.730. The predicted octanol–water partition coefficient (Wildman–Crippen LogP) is 0.327. The first kappa shape index (κ1) is 18.3. The van der Waals surface area contributed by atoms with Crippen LogP contribution in [0.3, 0.4) is 0 Å². The van der Waals surface area contributed by atoms with E-state index in [4.69, 9.17) is 0 Å². The van der Waals surface area contributed by atoms with Gasteiger partial charge in [-0.2, -0.15) is 0 Å². The summed E-state index contributed by atoms with van der Waals surface area (Å²) in [6.45, 7) is 2.66. The van der Waals surface area contributed by atoms with Crippen LogP contribution >= 0.6 is 0 Å². The molecule has 1 aromatic carbocycles. The number of nitrogens with zero attached hydrogens (tertiary/aromatic N) is 2. The number of piperidine rings is 2. The molecule has 1 aromatic rings. The molecule has 2 aliphatic heterocycles. The Labute approximate surface area is 148 Å². The second-order valence-corrected chi connectivity index (χ2v) is 7.26. The van der Waals surface area contributed by atoms with Crippen LogP contribution in [0.5, 0.6) is 0 Å². The van der Waals surface area contributed by atoms with Gasteiger partial charge in [0.1, 0.15) is 0 Å². The van der Waals surface area contributed by atoms with Crippen molar-refractivity contribution in [3.63, 3.8) is 0 Å². The minimum absolute atomic E-state index is 0.00484. The van der Waals surface area contributed by atoms with E-state index in [1.165, 1.54) is 0 Å². The van der Waals surface area contributed by atoms with Crippen LogP contribution < -0.4 is 0 Å². The van der Waals surface area contributed by atoms with Crippen LogP contribution in [0.4, 0.5) is 0 Å². The van der Waals surface area contributed by atoms with Crippen molar-refractivity contribution in [2.45, 2.75) is 37.5 Å². The maximum Gasteiger partial charge on any atom is 0.253 e. The number of aliphatic hydroxyl groups excluding tert-OH is 3. The summed E-state index contributed by atoms with van der Waals surface area (Å²) >= 11 is 0. The predicted molar refractivity (Wildman–Crippen MR) is 94.1 cm³/mol. The summed E-state index contributed by atoms with van der Waals surface area (Å²) in [5.74, 6) is 0.528. The third-order valence-corrected chi connectivity index (χ3v) is 5.52. The molecule has 3 N–H and O–H groups in total. The lowest BCUT2D eigenvalue weighted by atomic mass is 9.92. The molecule has 0 aliphatic carbocycles. The molecule has 3 rings (SSSR count). The summed E-state index contributed by atoms with van der Waals surface area (Å²) < 4.78 is 0. The summed E-state index contributed by atoms with van der Waals surface area (Å²) in [6.07, 6.45) is 0.752. The largest absolute Gasteiger partial charge is 0.395 e. The summed E-state index contributed by atoms with van der Waals surface area (Å²) in [6, 6.07) is 9.27. The van der Waals surface area contributed by atoms with E-state index in [9.17, 15) is 20.1 Å². The summed E-state index contributed by atoms with van der Waals surface area (Å²) in [4.78, 5) is 16.5. The monoisotopic (exact) mass is 348 g/mol. The average Bonchev–Trinajstić information content (AvgIpc) is 2.65. The molecule has 1 amide bonds. The fourth-order valence-corrected chi connectivity index (χ4v) is 3.92. The molecule has 1 unspecified atom stereocenters. The number of hydrogen-bond acceptors (Lipinski definition) is 5. The van der Waals surface area contributed by atoms with E-state index in [2.05, 4.69) is 4.90 Å². The van der Waals surface area contributed by atoms with Crippen molar-refractivity contribution in [1.29, 1.82) is 0 Å². The maximum absolute atomic E-state index is 12.5. The number of amides is 1. The van der Waals surface area contributed by atoms with Crippen molar-refractivity contribution >= 4 is 5.91 Å². The molecule has 0 spiro atoms. The minimum atomic E-state index is -0.751. The molecule has 138 valence electrons. The molecule has 0 radical (unpaired) electrons. The van der Waals surface area contributed by atoms with Crippen molar-refractivity contribution in [2.75, 3.05) is 32.8 Å². The second-order valence-electron chi connectivity index (χ2n) is 7.26. The van der Waals surface area contributed by atoms with Crippen LogP contribution in [0.2, 0.25) is 0 Å². The van der Waals surface area contributed by atoms with E-state index in [1.807, 2.05) is 35.2 Å². The molecular weight excluding hydrogens is 320 g/mol. The first-order chi connectivity index (χ1) is 12.1. The summed E-state index contributed by atoms with van der Waals surface area (Å²) in [5, 5.41) is 29.2. The van der Waals surface area contributed by atoms with Gasteiger partial charge in [-0.1, -0.05) is 18.2 Å². The number of benzene rings is 1. The molecule has 6 nitrogen and oxygen atoms in total. The number of rotatable bonds is 4. The van der Waals surface area contributed by atoms with Gasteiger partial charge in [0.25, 0.3) is 5.91 Å². The van der Waals surface area contributed by atoms with Crippen LogP contribution in [0.15, 0.2) is 30.3 Å². The number of hydrogen-bond donors (Lipinski definition) is 3. The van der Waals surface area contributed by atoms with Gasteiger partial charge in [0.15, 0.2) is 0 Å². The highest BCUT2D eigenvalue weighted by Crippen LogP contribution is 2.24. The number of carbonyl (C=O) groups is 1. The summed E-state index contributed by atoms with van der Waals surface area (Å²) in [5.41, 5.74) is 0.731. The lowest BCUT2D eigenvalue weighted by Crippen LogP contribution is -2.55. The maximum atomic E-state index is 12.5. The molecule has 3 atom stereocenters. The van der Waals surface area contributed by atoms with Gasteiger partial charge in [0, 0.05) is 37.8 Å². The molecule has 2 aliphatic rings. The van der Waals surface area contributed by atoms with Gasteiger partial charge >= 0.3 is 0 Å². The molecule has 2 heterocycles. The van der Waals surface area contributed by atoms with Crippen LogP contribution in [0.1, 0.15) is 29.6 Å². The topological polar surface area (TPSA) is 84.2 Å². The number of likely N-dealkylation sites (tertiary alicyclic amines) is 2. The Morgan fingerprint density at radius 2 is 1.76 bits per heavy atom.